The van der Waals surface area contributed by atoms with Crippen LogP contribution < -0.4 is 0 Å². The third-order valence-corrected chi connectivity index (χ3v) is 3.55. The van der Waals surface area contributed by atoms with Gasteiger partial charge in [0.05, 0.1) is 16.1 Å². The summed E-state index contributed by atoms with van der Waals surface area (Å²) in [5.74, 6) is -2.97. The molecule has 0 aromatic heterocycles. The van der Waals surface area contributed by atoms with Gasteiger partial charge in [-0.05, 0) is 13.0 Å². The highest BCUT2D eigenvalue weighted by atomic mass is 16.6. The van der Waals surface area contributed by atoms with Crippen molar-refractivity contribution in [3.63, 3.8) is 0 Å². The number of benzene rings is 1. The standard InChI is InChI=1S/C15H15N3O7/c1-8(13(20)16(2)3)25-12(19)7-17-14(21)10-5-4-9(18(23)24)6-11(10)15(17)22/h4-6,8H,7H2,1-3H3/t8-/m0/s1. The van der Waals surface area contributed by atoms with Crippen LogP contribution in [0.1, 0.15) is 27.6 Å². The van der Waals surface area contributed by atoms with Crippen molar-refractivity contribution in [3.05, 3.63) is 39.4 Å². The highest BCUT2D eigenvalue weighted by Crippen LogP contribution is 2.26. The van der Waals surface area contributed by atoms with Crippen LogP contribution in [-0.2, 0) is 14.3 Å². The summed E-state index contributed by atoms with van der Waals surface area (Å²) in [5.41, 5.74) is -0.514. The number of esters is 1. The largest absolute Gasteiger partial charge is 0.451 e. The normalized spacial score (nSPS) is 14.1. The summed E-state index contributed by atoms with van der Waals surface area (Å²) in [7, 11) is 2.98. The fourth-order valence-electron chi connectivity index (χ4n) is 2.31. The monoisotopic (exact) mass is 349 g/mol. The molecule has 0 unspecified atom stereocenters. The first-order valence-electron chi connectivity index (χ1n) is 7.18. The molecule has 132 valence electrons. The topological polar surface area (TPSA) is 127 Å². The minimum atomic E-state index is -1.07. The van der Waals surface area contributed by atoms with Gasteiger partial charge in [0.15, 0.2) is 6.10 Å². The minimum Gasteiger partial charge on any atom is -0.451 e. The van der Waals surface area contributed by atoms with Crippen LogP contribution >= 0.6 is 0 Å². The molecule has 0 spiro atoms. The fourth-order valence-corrected chi connectivity index (χ4v) is 2.31. The quantitative estimate of drug-likeness (QED) is 0.322. The maximum absolute atomic E-state index is 12.2. The zero-order valence-corrected chi connectivity index (χ0v) is 13.7. The Kier molecular flexibility index (Phi) is 4.82. The molecule has 0 fully saturated rings. The summed E-state index contributed by atoms with van der Waals surface area (Å²) < 4.78 is 4.91. The molecule has 2 rings (SSSR count). The summed E-state index contributed by atoms with van der Waals surface area (Å²) in [6.07, 6.45) is -1.07. The molecule has 1 aromatic rings. The van der Waals surface area contributed by atoms with Gasteiger partial charge in [0, 0.05) is 26.2 Å². The highest BCUT2D eigenvalue weighted by molar-refractivity contribution is 6.22. The molecule has 0 N–H and O–H groups in total. The number of nitro benzene ring substituents is 1. The van der Waals surface area contributed by atoms with Gasteiger partial charge in [0.2, 0.25) is 0 Å². The number of rotatable bonds is 5. The van der Waals surface area contributed by atoms with E-state index >= 15 is 0 Å². The van der Waals surface area contributed by atoms with Crippen molar-refractivity contribution in [1.29, 1.82) is 0 Å². The zero-order chi connectivity index (χ0) is 18.9. The van der Waals surface area contributed by atoms with E-state index in [0.29, 0.717) is 4.90 Å². The second kappa shape index (κ2) is 6.67. The average molecular weight is 349 g/mol. The number of hydrogen-bond acceptors (Lipinski definition) is 7. The molecule has 1 aliphatic heterocycles. The van der Waals surface area contributed by atoms with Gasteiger partial charge in [0.25, 0.3) is 23.4 Å². The lowest BCUT2D eigenvalue weighted by Gasteiger charge is -2.19. The fraction of sp³-hybridized carbons (Fsp3) is 0.333. The first kappa shape index (κ1) is 18.0. The number of nitrogens with zero attached hydrogens (tertiary/aromatic N) is 3. The molecule has 0 bridgehead atoms. The predicted molar refractivity (Wildman–Crippen MR) is 82.7 cm³/mol. The Morgan fingerprint density at radius 3 is 2.40 bits per heavy atom. The number of nitro groups is 1. The van der Waals surface area contributed by atoms with E-state index in [2.05, 4.69) is 0 Å². The lowest BCUT2D eigenvalue weighted by Crippen LogP contribution is -2.40. The third kappa shape index (κ3) is 3.47. The maximum atomic E-state index is 12.2. The van der Waals surface area contributed by atoms with Crippen LogP contribution in [0.25, 0.3) is 0 Å². The van der Waals surface area contributed by atoms with Gasteiger partial charge in [-0.25, -0.2) is 0 Å². The minimum absolute atomic E-state index is 0.0270. The summed E-state index contributed by atoms with van der Waals surface area (Å²) in [6.45, 7) is 0.678. The first-order valence-corrected chi connectivity index (χ1v) is 7.18. The van der Waals surface area contributed by atoms with Gasteiger partial charge in [-0.2, -0.15) is 0 Å². The van der Waals surface area contributed by atoms with Crippen molar-refractivity contribution in [2.24, 2.45) is 0 Å². The van der Waals surface area contributed by atoms with Gasteiger partial charge in [-0.15, -0.1) is 0 Å². The number of carbonyl (C=O) groups is 4. The van der Waals surface area contributed by atoms with Crippen LogP contribution in [0.2, 0.25) is 0 Å². The second-order valence-electron chi connectivity index (χ2n) is 5.55. The van der Waals surface area contributed by atoms with Gasteiger partial charge in [0.1, 0.15) is 6.54 Å². The van der Waals surface area contributed by atoms with Crippen molar-refractivity contribution in [1.82, 2.24) is 9.80 Å². The molecule has 0 radical (unpaired) electrons. The molecule has 1 aromatic carbocycles. The Labute approximate surface area is 142 Å². The molecule has 10 heteroatoms. The molecular weight excluding hydrogens is 334 g/mol. The number of amides is 3. The van der Waals surface area contributed by atoms with Gasteiger partial charge >= 0.3 is 5.97 Å². The molecule has 10 nitrogen and oxygen atoms in total. The number of likely N-dealkylation sites (N-methyl/N-ethyl adjacent to an activating group) is 1. The van der Waals surface area contributed by atoms with Crippen molar-refractivity contribution >= 4 is 29.4 Å². The Bertz CT molecular complexity index is 787. The highest BCUT2D eigenvalue weighted by Gasteiger charge is 2.38. The van der Waals surface area contributed by atoms with Crippen molar-refractivity contribution < 1.29 is 28.8 Å². The average Bonchev–Trinajstić information content (AvgIpc) is 2.78. The number of ether oxygens (including phenoxy) is 1. The molecular formula is C15H15N3O7. The van der Waals surface area contributed by atoms with Gasteiger partial charge in [-0.3, -0.25) is 34.2 Å². The Hall–Kier alpha value is -3.30. The summed E-state index contributed by atoms with van der Waals surface area (Å²) in [5, 5.41) is 10.8. The van der Waals surface area contributed by atoms with Crippen LogP contribution in [0.3, 0.4) is 0 Å². The smallest absolute Gasteiger partial charge is 0.326 e. The summed E-state index contributed by atoms with van der Waals surface area (Å²) >= 11 is 0. The van der Waals surface area contributed by atoms with Gasteiger partial charge < -0.3 is 9.64 Å². The van der Waals surface area contributed by atoms with Crippen LogP contribution in [0.4, 0.5) is 5.69 Å². The van der Waals surface area contributed by atoms with Crippen LogP contribution in [0, 0.1) is 10.1 Å². The number of fused-ring (bicyclic) bond motifs is 1. The molecule has 0 saturated heterocycles. The second-order valence-corrected chi connectivity index (χ2v) is 5.55. The molecule has 1 atom stereocenters. The molecule has 0 saturated carbocycles. The van der Waals surface area contributed by atoms with E-state index in [1.807, 2.05) is 0 Å². The van der Waals surface area contributed by atoms with E-state index in [1.54, 1.807) is 0 Å². The number of imide groups is 1. The van der Waals surface area contributed by atoms with Crippen molar-refractivity contribution in [3.8, 4) is 0 Å². The molecule has 1 aliphatic rings. The molecule has 3 amide bonds. The predicted octanol–water partition coefficient (Wildman–Crippen LogP) is 0.211. The molecule has 0 aliphatic carbocycles. The third-order valence-electron chi connectivity index (χ3n) is 3.55. The number of carbonyl (C=O) groups excluding carboxylic acids is 4. The number of hydrogen-bond donors (Lipinski definition) is 0. The van der Waals surface area contributed by atoms with Crippen molar-refractivity contribution in [2.45, 2.75) is 13.0 Å². The Balaban J connectivity index is 2.13. The summed E-state index contributed by atoms with van der Waals surface area (Å²) in [4.78, 5) is 60.0. The van der Waals surface area contributed by atoms with Crippen molar-refractivity contribution in [2.75, 3.05) is 20.6 Å². The zero-order valence-electron chi connectivity index (χ0n) is 13.7. The Morgan fingerprint density at radius 1 is 1.24 bits per heavy atom. The van der Waals surface area contributed by atoms with E-state index < -0.39 is 41.3 Å². The lowest BCUT2D eigenvalue weighted by atomic mass is 10.1. The van der Waals surface area contributed by atoms with E-state index in [0.717, 1.165) is 18.2 Å². The SMILES string of the molecule is C[C@H](OC(=O)CN1C(=O)c2ccc([N+](=O)[O-])cc2C1=O)C(=O)N(C)C. The van der Waals surface area contributed by atoms with Crippen LogP contribution in [0.15, 0.2) is 18.2 Å². The molecule has 1 heterocycles. The van der Waals surface area contributed by atoms with E-state index in [-0.39, 0.29) is 16.8 Å². The Morgan fingerprint density at radius 2 is 1.84 bits per heavy atom. The van der Waals surface area contributed by atoms with E-state index in [4.69, 9.17) is 4.74 Å². The lowest BCUT2D eigenvalue weighted by molar-refractivity contribution is -0.384. The van der Waals surface area contributed by atoms with Crippen LogP contribution in [0.5, 0.6) is 0 Å². The van der Waals surface area contributed by atoms with Gasteiger partial charge in [-0.1, -0.05) is 0 Å². The maximum Gasteiger partial charge on any atom is 0.326 e. The van der Waals surface area contributed by atoms with E-state index in [9.17, 15) is 29.3 Å². The molecule has 25 heavy (non-hydrogen) atoms. The summed E-state index contributed by atoms with van der Waals surface area (Å²) in [6, 6.07) is 3.25. The van der Waals surface area contributed by atoms with E-state index in [1.165, 1.54) is 25.9 Å². The first-order chi connectivity index (χ1) is 11.6. The number of non-ortho nitro benzene ring substituents is 1. The van der Waals surface area contributed by atoms with Crippen LogP contribution in [-0.4, -0.2) is 65.2 Å².